The Morgan fingerprint density at radius 1 is 0.917 bits per heavy atom. The van der Waals surface area contributed by atoms with Crippen molar-refractivity contribution in [1.82, 2.24) is 14.5 Å². The van der Waals surface area contributed by atoms with Gasteiger partial charge in [-0.25, -0.2) is 14.8 Å². The van der Waals surface area contributed by atoms with Crippen molar-refractivity contribution in [2.75, 3.05) is 11.9 Å². The number of hydrogen-bond acceptors (Lipinski definition) is 5. The molecule has 0 aliphatic carbocycles. The van der Waals surface area contributed by atoms with E-state index in [9.17, 15) is 9.59 Å². The second-order valence-electron chi connectivity index (χ2n) is 8.15. The van der Waals surface area contributed by atoms with Gasteiger partial charge in [0.1, 0.15) is 16.9 Å². The first-order valence-electron chi connectivity index (χ1n) is 11.6. The number of hydrogen-bond donors (Lipinski definition) is 1. The molecule has 0 aliphatic heterocycles. The van der Waals surface area contributed by atoms with Gasteiger partial charge in [0, 0.05) is 11.0 Å². The number of aryl methyl sites for hydroxylation is 2. The zero-order valence-electron chi connectivity index (χ0n) is 19.6. The van der Waals surface area contributed by atoms with Crippen molar-refractivity contribution in [3.05, 3.63) is 100 Å². The van der Waals surface area contributed by atoms with E-state index in [0.29, 0.717) is 51.0 Å². The summed E-state index contributed by atoms with van der Waals surface area (Å²) in [6.45, 7) is 2.40. The molecule has 180 valence electrons. The van der Waals surface area contributed by atoms with Gasteiger partial charge in [-0.15, -0.1) is 0 Å². The van der Waals surface area contributed by atoms with Gasteiger partial charge in [-0.3, -0.25) is 4.79 Å². The minimum absolute atomic E-state index is 0.189. The molecule has 8 heteroatoms. The third-order valence-corrected chi connectivity index (χ3v) is 6.54. The van der Waals surface area contributed by atoms with E-state index in [0.717, 1.165) is 5.56 Å². The lowest BCUT2D eigenvalue weighted by Crippen LogP contribution is -2.19. The van der Waals surface area contributed by atoms with E-state index in [2.05, 4.69) is 21.2 Å². The second kappa shape index (κ2) is 10.3. The molecule has 0 bridgehead atoms. The number of carbonyl (C=O) groups is 2. The number of carbonyl (C=O) groups excluding carboxylic acids is 2. The Morgan fingerprint density at radius 2 is 1.58 bits per heavy atom. The van der Waals surface area contributed by atoms with Crippen LogP contribution in [0, 0.1) is 0 Å². The number of para-hydroxylation sites is 2. The van der Waals surface area contributed by atoms with E-state index in [1.165, 1.54) is 0 Å². The van der Waals surface area contributed by atoms with Gasteiger partial charge < -0.3 is 14.6 Å². The summed E-state index contributed by atoms with van der Waals surface area (Å²) in [4.78, 5) is 36.2. The highest BCUT2D eigenvalue weighted by Gasteiger charge is 2.28. The van der Waals surface area contributed by atoms with Crippen LogP contribution in [0.4, 0.5) is 5.82 Å². The van der Waals surface area contributed by atoms with Gasteiger partial charge in [0.15, 0.2) is 5.65 Å². The van der Waals surface area contributed by atoms with Crippen LogP contribution in [0.15, 0.2) is 83.3 Å². The quantitative estimate of drug-likeness (QED) is 0.254. The second-order valence-corrected chi connectivity index (χ2v) is 9.00. The molecule has 2 aromatic heterocycles. The molecule has 0 spiro atoms. The average molecular weight is 543 g/mol. The van der Waals surface area contributed by atoms with Crippen LogP contribution in [0.2, 0.25) is 0 Å². The van der Waals surface area contributed by atoms with E-state index in [4.69, 9.17) is 14.7 Å². The highest BCUT2D eigenvalue weighted by atomic mass is 79.9. The molecule has 0 unspecified atom stereocenters. The zero-order chi connectivity index (χ0) is 25.1. The molecule has 1 amide bonds. The summed E-state index contributed by atoms with van der Waals surface area (Å²) >= 11 is 3.44. The first kappa shape index (κ1) is 23.7. The number of rotatable bonds is 7. The van der Waals surface area contributed by atoms with Crippen LogP contribution >= 0.6 is 15.9 Å². The summed E-state index contributed by atoms with van der Waals surface area (Å²) in [5, 5.41) is 2.97. The first-order valence-corrected chi connectivity index (χ1v) is 12.4. The molecule has 5 rings (SSSR count). The lowest BCUT2D eigenvalue weighted by atomic mass is 10.1. The summed E-state index contributed by atoms with van der Waals surface area (Å²) in [7, 11) is 0. The number of halogens is 1. The predicted molar refractivity (Wildman–Crippen MR) is 143 cm³/mol. The average Bonchev–Trinajstić information content (AvgIpc) is 3.18. The van der Waals surface area contributed by atoms with Gasteiger partial charge >= 0.3 is 5.97 Å². The molecule has 0 atom stereocenters. The van der Waals surface area contributed by atoms with Crippen LogP contribution in [-0.2, 0) is 17.7 Å². The molecule has 7 nitrogen and oxygen atoms in total. The summed E-state index contributed by atoms with van der Waals surface area (Å²) in [5.74, 6) is -0.607. The van der Waals surface area contributed by atoms with Crippen molar-refractivity contribution in [3.8, 4) is 0 Å². The Labute approximate surface area is 216 Å². The van der Waals surface area contributed by atoms with Crippen LogP contribution in [0.1, 0.15) is 33.2 Å². The lowest BCUT2D eigenvalue weighted by molar-refractivity contribution is 0.0529. The Hall–Kier alpha value is -4.04. The third-order valence-electron chi connectivity index (χ3n) is 5.85. The van der Waals surface area contributed by atoms with Crippen LogP contribution in [-0.4, -0.2) is 33.0 Å². The molecule has 1 N–H and O–H groups in total. The van der Waals surface area contributed by atoms with Gasteiger partial charge in [0.25, 0.3) is 5.91 Å². The number of nitrogens with zero attached hydrogens (tertiary/aromatic N) is 3. The van der Waals surface area contributed by atoms with Crippen LogP contribution in [0.5, 0.6) is 0 Å². The Bertz CT molecular complexity index is 1580. The molecular formula is C28H23BrN4O3. The maximum atomic E-state index is 13.4. The molecule has 2 heterocycles. The van der Waals surface area contributed by atoms with Crippen molar-refractivity contribution in [3.63, 3.8) is 0 Å². The van der Waals surface area contributed by atoms with E-state index >= 15 is 0 Å². The summed E-state index contributed by atoms with van der Waals surface area (Å²) < 4.78 is 7.89. The molecule has 36 heavy (non-hydrogen) atoms. The Morgan fingerprint density at radius 3 is 2.31 bits per heavy atom. The van der Waals surface area contributed by atoms with Crippen molar-refractivity contribution >= 4 is 55.8 Å². The first-order chi connectivity index (χ1) is 17.6. The molecule has 0 radical (unpaired) electrons. The zero-order valence-corrected chi connectivity index (χ0v) is 21.2. The van der Waals surface area contributed by atoms with Gasteiger partial charge in [-0.1, -0.05) is 54.6 Å². The molecule has 0 aliphatic rings. The largest absolute Gasteiger partial charge is 0.462 e. The molecule has 3 aromatic carbocycles. The topological polar surface area (TPSA) is 86.1 Å². The monoisotopic (exact) mass is 542 g/mol. The Kier molecular flexibility index (Phi) is 6.77. The number of anilines is 1. The number of fused-ring (bicyclic) bond motifs is 2. The van der Waals surface area contributed by atoms with Crippen molar-refractivity contribution in [2.24, 2.45) is 0 Å². The smallest absolute Gasteiger partial charge is 0.344 e. The summed E-state index contributed by atoms with van der Waals surface area (Å²) in [5.41, 5.74) is 4.01. The van der Waals surface area contributed by atoms with E-state index < -0.39 is 5.97 Å². The van der Waals surface area contributed by atoms with Gasteiger partial charge in [-0.2, -0.15) is 0 Å². The minimum atomic E-state index is -0.562. The number of esters is 1. The number of benzene rings is 3. The molecule has 0 fully saturated rings. The molecule has 0 saturated heterocycles. The summed E-state index contributed by atoms with van der Waals surface area (Å²) in [6, 6.07) is 24.6. The normalized spacial score (nSPS) is 11.1. The van der Waals surface area contributed by atoms with Gasteiger partial charge in [-0.05, 0) is 59.1 Å². The Balaban J connectivity index is 1.71. The van der Waals surface area contributed by atoms with Crippen LogP contribution in [0.3, 0.4) is 0 Å². The van der Waals surface area contributed by atoms with Gasteiger partial charge in [0.05, 0.1) is 23.2 Å². The molecule has 0 saturated carbocycles. The molecule has 5 aromatic rings. The summed E-state index contributed by atoms with van der Waals surface area (Å²) in [6.07, 6.45) is 0.666. The number of amides is 1. The van der Waals surface area contributed by atoms with E-state index in [1.807, 2.05) is 65.2 Å². The number of nitrogens with one attached hydrogen (secondary N) is 1. The highest BCUT2D eigenvalue weighted by molar-refractivity contribution is 9.10. The highest BCUT2D eigenvalue weighted by Crippen LogP contribution is 2.32. The number of aromatic nitrogens is 3. The maximum absolute atomic E-state index is 13.4. The van der Waals surface area contributed by atoms with E-state index in [-0.39, 0.29) is 18.1 Å². The fraction of sp³-hybridized carbons (Fsp3) is 0.143. The molecular weight excluding hydrogens is 520 g/mol. The SMILES string of the molecule is CCOC(=O)c1c(NC(=O)c2ccccc2Br)n(CCc2ccccc2)c2nc3ccccc3nc12. The fourth-order valence-corrected chi connectivity index (χ4v) is 4.61. The third kappa shape index (κ3) is 4.59. The van der Waals surface area contributed by atoms with Crippen molar-refractivity contribution in [2.45, 2.75) is 19.9 Å². The van der Waals surface area contributed by atoms with Crippen LogP contribution < -0.4 is 5.32 Å². The fourth-order valence-electron chi connectivity index (χ4n) is 4.15. The van der Waals surface area contributed by atoms with Crippen molar-refractivity contribution < 1.29 is 14.3 Å². The number of ether oxygens (including phenoxy) is 1. The standard InChI is InChI=1S/C28H23BrN4O3/c1-2-36-28(35)23-24-26(31-22-15-9-8-14-21(22)30-24)33(17-16-18-10-4-3-5-11-18)25(23)32-27(34)19-12-6-7-13-20(19)29/h3-15H,2,16-17H2,1H3,(H,32,34). The van der Waals surface area contributed by atoms with E-state index in [1.54, 1.807) is 25.1 Å². The predicted octanol–water partition coefficient (Wildman–Crippen LogP) is 6.02. The minimum Gasteiger partial charge on any atom is -0.462 e. The lowest BCUT2D eigenvalue weighted by Gasteiger charge is -2.13. The van der Waals surface area contributed by atoms with Crippen LogP contribution in [0.25, 0.3) is 22.2 Å². The van der Waals surface area contributed by atoms with Gasteiger partial charge in [0.2, 0.25) is 0 Å². The maximum Gasteiger partial charge on any atom is 0.344 e. The van der Waals surface area contributed by atoms with Crippen molar-refractivity contribution in [1.29, 1.82) is 0 Å².